The number of benzene rings is 2. The monoisotopic (exact) mass is 337 g/mol. The molecular weight excluding hydrogens is 327 g/mol. The molecule has 3 nitrogen and oxygen atoms in total. The zero-order chi connectivity index (χ0) is 17.4. The van der Waals surface area contributed by atoms with E-state index in [0.717, 1.165) is 17.0 Å². The largest absolute Gasteiger partial charge is 0.244 e. The van der Waals surface area contributed by atoms with Gasteiger partial charge in [0.25, 0.3) is 0 Å². The molecular formula is C19H10F3N3. The SMILES string of the molecule is Fc1cc(F)c(F)c(-c2cccc(-c3ncc4ccccc4n3)n2)c1. The molecule has 4 aromatic rings. The lowest BCUT2D eigenvalue weighted by molar-refractivity contribution is 0.497. The van der Waals surface area contributed by atoms with Gasteiger partial charge in [-0.3, -0.25) is 0 Å². The summed E-state index contributed by atoms with van der Waals surface area (Å²) in [6, 6.07) is 13.6. The summed E-state index contributed by atoms with van der Waals surface area (Å²) in [6.07, 6.45) is 1.66. The summed E-state index contributed by atoms with van der Waals surface area (Å²) in [6.45, 7) is 0. The predicted molar refractivity (Wildman–Crippen MR) is 88.1 cm³/mol. The molecule has 0 bridgehead atoms. The minimum absolute atomic E-state index is 0.102. The molecule has 122 valence electrons. The molecule has 0 aliphatic heterocycles. The summed E-state index contributed by atoms with van der Waals surface area (Å²) in [5.74, 6) is -2.93. The van der Waals surface area contributed by atoms with Crippen molar-refractivity contribution in [3.63, 3.8) is 0 Å². The number of nitrogens with zero attached hydrogens (tertiary/aromatic N) is 3. The first-order valence-corrected chi connectivity index (χ1v) is 7.46. The number of halogens is 3. The normalized spacial score (nSPS) is 11.0. The van der Waals surface area contributed by atoms with Gasteiger partial charge in [0, 0.05) is 23.2 Å². The van der Waals surface area contributed by atoms with Gasteiger partial charge in [-0.15, -0.1) is 0 Å². The van der Waals surface area contributed by atoms with E-state index >= 15 is 0 Å². The summed E-state index contributed by atoms with van der Waals surface area (Å²) in [5.41, 5.74) is 0.973. The van der Waals surface area contributed by atoms with Crippen LogP contribution in [0.1, 0.15) is 0 Å². The lowest BCUT2D eigenvalue weighted by Crippen LogP contribution is -1.97. The van der Waals surface area contributed by atoms with Crippen molar-refractivity contribution in [3.8, 4) is 22.8 Å². The molecule has 4 rings (SSSR count). The summed E-state index contributed by atoms with van der Waals surface area (Å²) in [5, 5.41) is 0.876. The second-order valence-electron chi connectivity index (χ2n) is 5.41. The molecule has 2 heterocycles. The highest BCUT2D eigenvalue weighted by Gasteiger charge is 2.15. The Morgan fingerprint density at radius 1 is 0.760 bits per heavy atom. The minimum atomic E-state index is -1.26. The fraction of sp³-hybridized carbons (Fsp3) is 0. The maximum atomic E-state index is 14.0. The molecule has 25 heavy (non-hydrogen) atoms. The molecule has 0 saturated heterocycles. The quantitative estimate of drug-likeness (QED) is 0.494. The van der Waals surface area contributed by atoms with Gasteiger partial charge in [-0.25, -0.2) is 28.1 Å². The van der Waals surface area contributed by atoms with Gasteiger partial charge in [-0.2, -0.15) is 0 Å². The summed E-state index contributed by atoms with van der Waals surface area (Å²) in [7, 11) is 0. The second kappa shape index (κ2) is 5.98. The Bertz CT molecular complexity index is 1100. The second-order valence-corrected chi connectivity index (χ2v) is 5.41. The van der Waals surface area contributed by atoms with E-state index in [4.69, 9.17) is 0 Å². The van der Waals surface area contributed by atoms with Crippen molar-refractivity contribution in [2.24, 2.45) is 0 Å². The number of rotatable bonds is 2. The maximum Gasteiger partial charge on any atom is 0.178 e. The minimum Gasteiger partial charge on any atom is -0.244 e. The summed E-state index contributed by atoms with van der Waals surface area (Å²) in [4.78, 5) is 12.9. The molecule has 0 fully saturated rings. The van der Waals surface area contributed by atoms with E-state index < -0.39 is 17.5 Å². The van der Waals surface area contributed by atoms with E-state index in [1.165, 1.54) is 6.07 Å². The number of fused-ring (bicyclic) bond motifs is 1. The van der Waals surface area contributed by atoms with Gasteiger partial charge in [-0.1, -0.05) is 24.3 Å². The average Bonchev–Trinajstić information content (AvgIpc) is 2.64. The van der Waals surface area contributed by atoms with Gasteiger partial charge in [0.15, 0.2) is 17.5 Å². The van der Waals surface area contributed by atoms with Crippen molar-refractivity contribution < 1.29 is 13.2 Å². The highest BCUT2D eigenvalue weighted by atomic mass is 19.2. The molecule has 0 spiro atoms. The Labute approximate surface area is 140 Å². The van der Waals surface area contributed by atoms with Crippen LogP contribution in [0.25, 0.3) is 33.7 Å². The molecule has 0 radical (unpaired) electrons. The van der Waals surface area contributed by atoms with Crippen LogP contribution in [0.5, 0.6) is 0 Å². The van der Waals surface area contributed by atoms with Crippen molar-refractivity contribution in [1.29, 1.82) is 0 Å². The zero-order valence-corrected chi connectivity index (χ0v) is 12.7. The Kier molecular flexibility index (Phi) is 3.65. The average molecular weight is 337 g/mol. The Morgan fingerprint density at radius 3 is 2.44 bits per heavy atom. The van der Waals surface area contributed by atoms with Crippen LogP contribution in [-0.4, -0.2) is 15.0 Å². The molecule has 2 aromatic carbocycles. The first-order chi connectivity index (χ1) is 12.1. The fourth-order valence-electron chi connectivity index (χ4n) is 2.55. The third kappa shape index (κ3) is 2.82. The fourth-order valence-corrected chi connectivity index (χ4v) is 2.55. The lowest BCUT2D eigenvalue weighted by atomic mass is 10.1. The first kappa shape index (κ1) is 15.3. The van der Waals surface area contributed by atoms with E-state index in [1.54, 1.807) is 18.3 Å². The molecule has 0 aliphatic rings. The van der Waals surface area contributed by atoms with Crippen molar-refractivity contribution >= 4 is 10.9 Å². The van der Waals surface area contributed by atoms with Crippen LogP contribution < -0.4 is 0 Å². The van der Waals surface area contributed by atoms with Crippen LogP contribution >= 0.6 is 0 Å². The van der Waals surface area contributed by atoms with Crippen molar-refractivity contribution in [3.05, 3.63) is 78.2 Å². The summed E-state index contributed by atoms with van der Waals surface area (Å²) < 4.78 is 40.9. The number of aromatic nitrogens is 3. The number of hydrogen-bond acceptors (Lipinski definition) is 3. The van der Waals surface area contributed by atoms with Gasteiger partial charge < -0.3 is 0 Å². The van der Waals surface area contributed by atoms with E-state index in [-0.39, 0.29) is 11.3 Å². The van der Waals surface area contributed by atoms with Crippen LogP contribution in [0.15, 0.2) is 60.8 Å². The molecule has 0 amide bonds. The van der Waals surface area contributed by atoms with Gasteiger partial charge >= 0.3 is 0 Å². The molecule has 6 heteroatoms. The molecule has 2 aromatic heterocycles. The third-order valence-corrected chi connectivity index (χ3v) is 3.74. The standard InChI is InChI=1S/C19H10F3N3/c20-12-8-13(18(22)14(21)9-12)16-6-3-7-17(24-16)19-23-10-11-4-1-2-5-15(11)25-19/h1-10H. The van der Waals surface area contributed by atoms with Crippen molar-refractivity contribution in [2.45, 2.75) is 0 Å². The Balaban J connectivity index is 1.84. The van der Waals surface area contributed by atoms with E-state index in [0.29, 0.717) is 17.6 Å². The van der Waals surface area contributed by atoms with Crippen LogP contribution in [0, 0.1) is 17.5 Å². The van der Waals surface area contributed by atoms with Crippen molar-refractivity contribution in [1.82, 2.24) is 15.0 Å². The highest BCUT2D eigenvalue weighted by Crippen LogP contribution is 2.26. The van der Waals surface area contributed by atoms with E-state index in [9.17, 15) is 13.2 Å². The highest BCUT2D eigenvalue weighted by molar-refractivity contribution is 5.79. The molecule has 0 aliphatic carbocycles. The Morgan fingerprint density at radius 2 is 1.56 bits per heavy atom. The van der Waals surface area contributed by atoms with Gasteiger partial charge in [0.05, 0.1) is 11.2 Å². The molecule has 0 unspecified atom stereocenters. The maximum absolute atomic E-state index is 14.0. The summed E-state index contributed by atoms with van der Waals surface area (Å²) >= 11 is 0. The van der Waals surface area contributed by atoms with Crippen LogP contribution in [0.4, 0.5) is 13.2 Å². The molecule has 0 saturated carbocycles. The first-order valence-electron chi connectivity index (χ1n) is 7.46. The molecule has 0 N–H and O–H groups in total. The van der Waals surface area contributed by atoms with E-state index in [2.05, 4.69) is 15.0 Å². The van der Waals surface area contributed by atoms with E-state index in [1.807, 2.05) is 24.3 Å². The number of para-hydroxylation sites is 1. The zero-order valence-electron chi connectivity index (χ0n) is 12.7. The lowest BCUT2D eigenvalue weighted by Gasteiger charge is -2.07. The smallest absolute Gasteiger partial charge is 0.178 e. The van der Waals surface area contributed by atoms with Crippen molar-refractivity contribution in [2.75, 3.05) is 0 Å². The van der Waals surface area contributed by atoms with Crippen LogP contribution in [0.2, 0.25) is 0 Å². The third-order valence-electron chi connectivity index (χ3n) is 3.74. The predicted octanol–water partition coefficient (Wildman–Crippen LogP) is 4.78. The van der Waals surface area contributed by atoms with Gasteiger partial charge in [-0.05, 0) is 24.3 Å². The number of pyridine rings is 1. The topological polar surface area (TPSA) is 38.7 Å². The molecule has 0 atom stereocenters. The van der Waals surface area contributed by atoms with Gasteiger partial charge in [0.2, 0.25) is 0 Å². The number of hydrogen-bond donors (Lipinski definition) is 0. The van der Waals surface area contributed by atoms with Crippen LogP contribution in [-0.2, 0) is 0 Å². The van der Waals surface area contributed by atoms with Crippen LogP contribution in [0.3, 0.4) is 0 Å². The van der Waals surface area contributed by atoms with Gasteiger partial charge in [0.1, 0.15) is 11.5 Å². The Hall–Kier alpha value is -3.28.